The number of carbonyl (C=O) groups is 1. The minimum atomic E-state index is -0.107. The summed E-state index contributed by atoms with van der Waals surface area (Å²) in [6, 6.07) is 9.15. The van der Waals surface area contributed by atoms with Crippen molar-refractivity contribution in [2.75, 3.05) is 25.5 Å². The first kappa shape index (κ1) is 19.9. The van der Waals surface area contributed by atoms with Crippen molar-refractivity contribution in [1.82, 2.24) is 15.0 Å². The number of methoxy groups -OCH3 is 1. The second-order valence-electron chi connectivity index (χ2n) is 6.90. The van der Waals surface area contributed by atoms with E-state index in [0.29, 0.717) is 41.3 Å². The van der Waals surface area contributed by atoms with E-state index in [0.717, 1.165) is 24.3 Å². The lowest BCUT2D eigenvalue weighted by Gasteiger charge is -2.30. The van der Waals surface area contributed by atoms with Crippen molar-refractivity contribution in [2.45, 2.75) is 19.4 Å². The Morgan fingerprint density at radius 2 is 2.34 bits per heavy atom. The fourth-order valence-corrected chi connectivity index (χ4v) is 4.32. The predicted octanol–water partition coefficient (Wildman–Crippen LogP) is 4.31. The molecule has 1 aliphatic heterocycles. The fraction of sp³-hybridized carbons (Fsp3) is 0.350. The van der Waals surface area contributed by atoms with Crippen molar-refractivity contribution in [3.63, 3.8) is 0 Å². The molecular weight excluding hydrogens is 412 g/mol. The summed E-state index contributed by atoms with van der Waals surface area (Å²) in [5, 5.41) is 9.45. The molecular formula is C20H21ClN4O3S. The van der Waals surface area contributed by atoms with Crippen molar-refractivity contribution >= 4 is 34.5 Å². The number of amides is 1. The zero-order valence-electron chi connectivity index (χ0n) is 15.9. The molecule has 3 heterocycles. The highest BCUT2D eigenvalue weighted by Gasteiger charge is 2.27. The summed E-state index contributed by atoms with van der Waals surface area (Å²) in [5.41, 5.74) is 0.662. The molecule has 152 valence electrons. The molecule has 1 aromatic carbocycles. The number of thiophene rings is 1. The third-order valence-electron chi connectivity index (χ3n) is 4.86. The first-order valence-corrected chi connectivity index (χ1v) is 10.6. The van der Waals surface area contributed by atoms with Gasteiger partial charge in [-0.25, -0.2) is 0 Å². The van der Waals surface area contributed by atoms with Crippen molar-refractivity contribution in [1.29, 1.82) is 0 Å². The fourth-order valence-electron chi connectivity index (χ4n) is 3.42. The SMILES string of the molecule is COc1ccc(NC(=O)[C@H]2CCCN(Cc3nc(-c4cccs4)no3)C2)cc1Cl. The maximum Gasteiger partial charge on any atom is 0.241 e. The molecule has 0 radical (unpaired) electrons. The second kappa shape index (κ2) is 8.94. The number of halogens is 1. The zero-order valence-corrected chi connectivity index (χ0v) is 17.5. The van der Waals surface area contributed by atoms with Crippen molar-refractivity contribution in [3.8, 4) is 16.5 Å². The van der Waals surface area contributed by atoms with Gasteiger partial charge in [-0.3, -0.25) is 9.69 Å². The highest BCUT2D eigenvalue weighted by atomic mass is 35.5. The highest BCUT2D eigenvalue weighted by molar-refractivity contribution is 7.13. The van der Waals surface area contributed by atoms with E-state index in [1.54, 1.807) is 36.6 Å². The Labute approximate surface area is 177 Å². The van der Waals surface area contributed by atoms with Crippen LogP contribution in [0.25, 0.3) is 10.7 Å². The molecule has 1 N–H and O–H groups in total. The van der Waals surface area contributed by atoms with E-state index in [9.17, 15) is 4.79 Å². The van der Waals surface area contributed by atoms with Crippen molar-refractivity contribution < 1.29 is 14.1 Å². The molecule has 1 amide bonds. The average molecular weight is 433 g/mol. The van der Waals surface area contributed by atoms with Gasteiger partial charge in [0.05, 0.1) is 29.5 Å². The summed E-state index contributed by atoms with van der Waals surface area (Å²) in [4.78, 5) is 20.4. The Balaban J connectivity index is 1.35. The molecule has 0 saturated carbocycles. The van der Waals surface area contributed by atoms with Gasteiger partial charge >= 0.3 is 0 Å². The molecule has 7 nitrogen and oxygen atoms in total. The van der Waals surface area contributed by atoms with Gasteiger partial charge in [-0.15, -0.1) is 11.3 Å². The van der Waals surface area contributed by atoms with Gasteiger partial charge in [-0.2, -0.15) is 4.98 Å². The number of benzene rings is 1. The summed E-state index contributed by atoms with van der Waals surface area (Å²) in [6.45, 7) is 2.08. The largest absolute Gasteiger partial charge is 0.495 e. The maximum absolute atomic E-state index is 12.7. The molecule has 9 heteroatoms. The van der Waals surface area contributed by atoms with Crippen LogP contribution in [0.5, 0.6) is 5.75 Å². The number of carbonyl (C=O) groups excluding carboxylic acids is 1. The van der Waals surface area contributed by atoms with Crippen LogP contribution in [0.4, 0.5) is 5.69 Å². The van der Waals surface area contributed by atoms with Crippen LogP contribution >= 0.6 is 22.9 Å². The van der Waals surface area contributed by atoms with E-state index in [1.165, 1.54) is 0 Å². The smallest absolute Gasteiger partial charge is 0.241 e. The Hall–Kier alpha value is -2.42. The van der Waals surface area contributed by atoms with Crippen LogP contribution in [0.15, 0.2) is 40.2 Å². The van der Waals surface area contributed by atoms with E-state index < -0.39 is 0 Å². The van der Waals surface area contributed by atoms with Crippen molar-refractivity contribution in [3.05, 3.63) is 46.6 Å². The molecule has 0 bridgehead atoms. The number of piperidine rings is 1. The van der Waals surface area contributed by atoms with Gasteiger partial charge in [0, 0.05) is 12.2 Å². The number of ether oxygens (including phenoxy) is 1. The van der Waals surface area contributed by atoms with Crippen LogP contribution in [-0.2, 0) is 11.3 Å². The Kier molecular flexibility index (Phi) is 6.13. The Bertz CT molecular complexity index is 976. The topological polar surface area (TPSA) is 80.5 Å². The van der Waals surface area contributed by atoms with Gasteiger partial charge in [-0.05, 0) is 49.0 Å². The summed E-state index contributed by atoms with van der Waals surface area (Å²) < 4.78 is 10.5. The van der Waals surface area contributed by atoms with Crippen LogP contribution in [-0.4, -0.2) is 41.1 Å². The number of hydrogen-bond acceptors (Lipinski definition) is 7. The standard InChI is InChI=1S/C20H21ClN4O3S/c1-27-16-7-6-14(10-15(16)21)22-20(26)13-4-2-8-25(11-13)12-18-23-19(24-28-18)17-5-3-9-29-17/h3,5-7,9-10,13H,2,4,8,11-12H2,1H3,(H,22,26)/t13-/m0/s1. The monoisotopic (exact) mass is 432 g/mol. The molecule has 1 saturated heterocycles. The number of anilines is 1. The number of likely N-dealkylation sites (tertiary alicyclic amines) is 1. The average Bonchev–Trinajstić information content (AvgIpc) is 3.40. The molecule has 2 aromatic heterocycles. The molecule has 1 fully saturated rings. The maximum atomic E-state index is 12.7. The molecule has 3 aromatic rings. The van der Waals surface area contributed by atoms with Crippen LogP contribution < -0.4 is 10.1 Å². The van der Waals surface area contributed by atoms with E-state index in [-0.39, 0.29) is 11.8 Å². The van der Waals surface area contributed by atoms with Gasteiger partial charge in [0.15, 0.2) is 0 Å². The summed E-state index contributed by atoms with van der Waals surface area (Å²) in [5.74, 6) is 1.63. The van der Waals surface area contributed by atoms with E-state index >= 15 is 0 Å². The van der Waals surface area contributed by atoms with Crippen LogP contribution in [0.1, 0.15) is 18.7 Å². The molecule has 4 rings (SSSR count). The number of rotatable bonds is 6. The zero-order chi connectivity index (χ0) is 20.2. The van der Waals surface area contributed by atoms with Gasteiger partial charge < -0.3 is 14.6 Å². The highest BCUT2D eigenvalue weighted by Crippen LogP contribution is 2.28. The van der Waals surface area contributed by atoms with Crippen LogP contribution in [0, 0.1) is 5.92 Å². The molecule has 0 aliphatic carbocycles. The summed E-state index contributed by atoms with van der Waals surface area (Å²) in [6.07, 6.45) is 1.78. The molecule has 1 atom stereocenters. The Morgan fingerprint density at radius 1 is 1.45 bits per heavy atom. The van der Waals surface area contributed by atoms with Crippen molar-refractivity contribution in [2.24, 2.45) is 5.92 Å². The number of nitrogens with one attached hydrogen (secondary N) is 1. The van der Waals surface area contributed by atoms with Crippen LogP contribution in [0.2, 0.25) is 5.02 Å². The van der Waals surface area contributed by atoms with Gasteiger partial charge in [0.25, 0.3) is 0 Å². The summed E-state index contributed by atoms with van der Waals surface area (Å²) in [7, 11) is 1.56. The first-order valence-electron chi connectivity index (χ1n) is 9.35. The normalized spacial score (nSPS) is 17.2. The summed E-state index contributed by atoms with van der Waals surface area (Å²) >= 11 is 7.72. The van der Waals surface area contributed by atoms with Crippen LogP contribution in [0.3, 0.4) is 0 Å². The molecule has 1 aliphatic rings. The second-order valence-corrected chi connectivity index (χ2v) is 8.26. The lowest BCUT2D eigenvalue weighted by molar-refractivity contribution is -0.121. The van der Waals surface area contributed by atoms with Gasteiger partial charge in [-0.1, -0.05) is 22.8 Å². The third kappa shape index (κ3) is 4.77. The number of nitrogens with zero attached hydrogens (tertiary/aromatic N) is 3. The number of hydrogen-bond donors (Lipinski definition) is 1. The van der Waals surface area contributed by atoms with Gasteiger partial charge in [0.1, 0.15) is 5.75 Å². The third-order valence-corrected chi connectivity index (χ3v) is 6.03. The molecule has 29 heavy (non-hydrogen) atoms. The van der Waals surface area contributed by atoms with E-state index in [4.69, 9.17) is 20.9 Å². The van der Waals surface area contributed by atoms with Gasteiger partial charge in [0.2, 0.25) is 17.6 Å². The minimum Gasteiger partial charge on any atom is -0.495 e. The van der Waals surface area contributed by atoms with E-state index in [2.05, 4.69) is 20.4 Å². The first-order chi connectivity index (χ1) is 14.1. The lowest BCUT2D eigenvalue weighted by Crippen LogP contribution is -2.40. The molecule has 0 spiro atoms. The lowest BCUT2D eigenvalue weighted by atomic mass is 9.97. The molecule has 0 unspecified atom stereocenters. The predicted molar refractivity (Wildman–Crippen MR) is 112 cm³/mol. The number of aromatic nitrogens is 2. The van der Waals surface area contributed by atoms with E-state index in [1.807, 2.05) is 17.5 Å². The quantitative estimate of drug-likeness (QED) is 0.625. The Morgan fingerprint density at radius 3 is 3.10 bits per heavy atom. The minimum absolute atomic E-state index is 0.0132.